The molecule has 34 heavy (non-hydrogen) atoms. The number of fused-ring (bicyclic) bond motifs is 1. The number of hydrogen-bond acceptors (Lipinski definition) is 5. The van der Waals surface area contributed by atoms with Gasteiger partial charge in [-0.25, -0.2) is 23.8 Å². The monoisotopic (exact) mass is 473 g/mol. The van der Waals surface area contributed by atoms with Gasteiger partial charge in [-0.1, -0.05) is 6.07 Å². The fraction of sp³-hybridized carbons (Fsp3) is 0.182. The highest BCUT2D eigenvalue weighted by molar-refractivity contribution is 6.01. The van der Waals surface area contributed by atoms with E-state index in [0.717, 1.165) is 18.2 Å². The summed E-state index contributed by atoms with van der Waals surface area (Å²) < 4.78 is 55.2. The first-order valence-corrected chi connectivity index (χ1v) is 10.1. The van der Waals surface area contributed by atoms with Crippen LogP contribution in [0, 0.1) is 5.82 Å². The van der Waals surface area contributed by atoms with Gasteiger partial charge in [0.25, 0.3) is 0 Å². The van der Waals surface area contributed by atoms with Crippen LogP contribution in [0.3, 0.4) is 0 Å². The van der Waals surface area contributed by atoms with Crippen molar-refractivity contribution in [3.63, 3.8) is 0 Å². The van der Waals surface area contributed by atoms with Crippen molar-refractivity contribution in [2.45, 2.75) is 26.1 Å². The Bertz CT molecular complexity index is 1380. The molecule has 0 saturated heterocycles. The third-order valence-corrected chi connectivity index (χ3v) is 4.94. The molecule has 8 nitrogen and oxygen atoms in total. The minimum absolute atomic E-state index is 0.0643. The van der Waals surface area contributed by atoms with Crippen molar-refractivity contribution in [1.29, 1.82) is 0 Å². The number of benzene rings is 2. The molecular weight excluding hydrogens is 454 g/mol. The average Bonchev–Trinajstić information content (AvgIpc) is 3.14. The van der Waals surface area contributed by atoms with Gasteiger partial charge in [-0.15, -0.1) is 0 Å². The lowest BCUT2D eigenvalue weighted by atomic mass is 10.1. The van der Waals surface area contributed by atoms with E-state index in [1.807, 2.05) is 13.8 Å². The van der Waals surface area contributed by atoms with Crippen LogP contribution in [0.4, 0.5) is 39.5 Å². The molecule has 0 saturated carbocycles. The largest absolute Gasteiger partial charge is 0.416 e. The Morgan fingerprint density at radius 1 is 1.06 bits per heavy atom. The number of nitrogens with one attached hydrogen (secondary N) is 2. The number of aromatic nitrogens is 4. The molecular formula is C22H19F4N7O. The normalized spacial score (nSPS) is 11.7. The molecule has 0 radical (unpaired) electrons. The Hall–Kier alpha value is -4.22. The molecule has 0 aliphatic heterocycles. The summed E-state index contributed by atoms with van der Waals surface area (Å²) >= 11 is 0. The Morgan fingerprint density at radius 3 is 2.41 bits per heavy atom. The smallest absolute Gasteiger partial charge is 0.383 e. The molecule has 4 N–H and O–H groups in total. The fourth-order valence-corrected chi connectivity index (χ4v) is 3.40. The first-order valence-electron chi connectivity index (χ1n) is 10.1. The number of carbonyl (C=O) groups is 1. The highest BCUT2D eigenvalue weighted by atomic mass is 19.4. The third-order valence-electron chi connectivity index (χ3n) is 4.94. The second kappa shape index (κ2) is 8.61. The van der Waals surface area contributed by atoms with Crippen molar-refractivity contribution >= 4 is 34.3 Å². The van der Waals surface area contributed by atoms with Crippen LogP contribution in [0.25, 0.3) is 22.3 Å². The summed E-state index contributed by atoms with van der Waals surface area (Å²) in [4.78, 5) is 20.4. The SMILES string of the molecule is CC(C)n1nc(-c2ccc(NC(=O)Nc3cccc(C(F)(F)F)c3)cc2F)c2c(N)ncnc21. The van der Waals surface area contributed by atoms with Gasteiger partial charge in [-0.2, -0.15) is 18.3 Å². The number of nitrogen functional groups attached to an aromatic ring is 1. The van der Waals surface area contributed by atoms with E-state index in [4.69, 9.17) is 5.73 Å². The van der Waals surface area contributed by atoms with Gasteiger partial charge in [0.05, 0.1) is 10.9 Å². The topological polar surface area (TPSA) is 111 Å². The van der Waals surface area contributed by atoms with Gasteiger partial charge >= 0.3 is 12.2 Å². The minimum Gasteiger partial charge on any atom is -0.383 e. The molecule has 0 atom stereocenters. The van der Waals surface area contributed by atoms with Crippen LogP contribution < -0.4 is 16.4 Å². The van der Waals surface area contributed by atoms with Crippen LogP contribution in [0.2, 0.25) is 0 Å². The molecule has 0 bridgehead atoms. The van der Waals surface area contributed by atoms with Crippen LogP contribution in [0.1, 0.15) is 25.5 Å². The number of halogens is 4. The second-order valence-corrected chi connectivity index (χ2v) is 7.70. The lowest BCUT2D eigenvalue weighted by Crippen LogP contribution is -2.20. The molecule has 4 rings (SSSR count). The van der Waals surface area contributed by atoms with Gasteiger partial charge in [0, 0.05) is 23.0 Å². The Labute approximate surface area is 190 Å². The molecule has 2 aromatic heterocycles. The zero-order valence-corrected chi connectivity index (χ0v) is 18.0. The van der Waals surface area contributed by atoms with Crippen LogP contribution in [-0.2, 0) is 6.18 Å². The zero-order chi connectivity index (χ0) is 24.6. The Morgan fingerprint density at radius 2 is 1.76 bits per heavy atom. The van der Waals surface area contributed by atoms with Gasteiger partial charge in [0.15, 0.2) is 5.65 Å². The maximum absolute atomic E-state index is 15.0. The number of nitrogens with two attached hydrogens (primary N) is 1. The summed E-state index contributed by atoms with van der Waals surface area (Å²) in [6, 6.07) is 7.17. The number of amides is 2. The van der Waals surface area contributed by atoms with Crippen molar-refractivity contribution in [2.75, 3.05) is 16.4 Å². The number of hydrogen-bond donors (Lipinski definition) is 3. The molecule has 2 aromatic carbocycles. The number of rotatable bonds is 4. The summed E-state index contributed by atoms with van der Waals surface area (Å²) in [6.45, 7) is 3.78. The van der Waals surface area contributed by atoms with Crippen molar-refractivity contribution in [1.82, 2.24) is 19.7 Å². The zero-order valence-electron chi connectivity index (χ0n) is 18.0. The number of alkyl halides is 3. The summed E-state index contributed by atoms with van der Waals surface area (Å²) in [6.07, 6.45) is -3.25. The highest BCUT2D eigenvalue weighted by Crippen LogP contribution is 2.34. The molecule has 2 heterocycles. The number of carbonyl (C=O) groups excluding carboxylic acids is 1. The van der Waals surface area contributed by atoms with Gasteiger partial charge in [0.1, 0.15) is 23.7 Å². The van der Waals surface area contributed by atoms with E-state index in [0.29, 0.717) is 11.0 Å². The Kier molecular flexibility index (Phi) is 5.82. The summed E-state index contributed by atoms with van der Waals surface area (Å²) in [5.74, 6) is -0.551. The van der Waals surface area contributed by atoms with E-state index in [2.05, 4.69) is 25.7 Å². The van der Waals surface area contributed by atoms with Crippen LogP contribution >= 0.6 is 0 Å². The summed E-state index contributed by atoms with van der Waals surface area (Å²) in [5.41, 5.74) is 5.95. The number of anilines is 3. The van der Waals surface area contributed by atoms with E-state index in [1.54, 1.807) is 4.68 Å². The highest BCUT2D eigenvalue weighted by Gasteiger charge is 2.30. The number of urea groups is 1. The number of nitrogens with zero attached hydrogens (tertiary/aromatic N) is 4. The lowest BCUT2D eigenvalue weighted by Gasteiger charge is -2.11. The molecule has 0 aliphatic rings. The van der Waals surface area contributed by atoms with E-state index < -0.39 is 23.6 Å². The van der Waals surface area contributed by atoms with Crippen LogP contribution in [0.15, 0.2) is 48.8 Å². The van der Waals surface area contributed by atoms with Crippen LogP contribution in [0.5, 0.6) is 0 Å². The van der Waals surface area contributed by atoms with Gasteiger partial charge in [-0.3, -0.25) is 0 Å². The quantitative estimate of drug-likeness (QED) is 0.341. The maximum Gasteiger partial charge on any atom is 0.416 e. The Balaban J connectivity index is 1.59. The molecule has 0 aliphatic carbocycles. The van der Waals surface area contributed by atoms with E-state index >= 15 is 4.39 Å². The van der Waals surface area contributed by atoms with Crippen molar-refractivity contribution < 1.29 is 22.4 Å². The summed E-state index contributed by atoms with van der Waals surface area (Å²) in [7, 11) is 0. The van der Waals surface area contributed by atoms with Crippen molar-refractivity contribution in [3.05, 3.63) is 60.2 Å². The van der Waals surface area contributed by atoms with Gasteiger partial charge in [-0.05, 0) is 50.2 Å². The minimum atomic E-state index is -4.55. The molecule has 4 aromatic rings. The predicted molar refractivity (Wildman–Crippen MR) is 120 cm³/mol. The lowest BCUT2D eigenvalue weighted by molar-refractivity contribution is -0.137. The predicted octanol–water partition coefficient (Wildman–Crippen LogP) is 5.46. The van der Waals surface area contributed by atoms with E-state index in [-0.39, 0.29) is 34.5 Å². The molecule has 0 fully saturated rings. The first-order chi connectivity index (χ1) is 16.0. The van der Waals surface area contributed by atoms with Crippen molar-refractivity contribution in [3.8, 4) is 11.3 Å². The van der Waals surface area contributed by atoms with E-state index in [9.17, 15) is 18.0 Å². The fourth-order valence-electron chi connectivity index (χ4n) is 3.40. The van der Waals surface area contributed by atoms with Gasteiger partial charge in [0.2, 0.25) is 0 Å². The first kappa shape index (κ1) is 23.0. The van der Waals surface area contributed by atoms with E-state index in [1.165, 1.54) is 30.6 Å². The van der Waals surface area contributed by atoms with Crippen LogP contribution in [-0.4, -0.2) is 25.8 Å². The average molecular weight is 473 g/mol. The molecule has 12 heteroatoms. The second-order valence-electron chi connectivity index (χ2n) is 7.70. The van der Waals surface area contributed by atoms with Crippen molar-refractivity contribution in [2.24, 2.45) is 0 Å². The molecule has 0 spiro atoms. The third kappa shape index (κ3) is 4.47. The molecule has 2 amide bonds. The standard InChI is InChI=1S/C22H19F4N7O/c1-11(2)33-20-17(19(27)28-10-29-20)18(32-33)15-7-6-14(9-16(15)23)31-21(34)30-13-5-3-4-12(8-13)22(24,25)26/h3-11H,1-2H3,(H2,27,28,29)(H2,30,31,34). The summed E-state index contributed by atoms with van der Waals surface area (Å²) in [5, 5.41) is 9.55. The van der Waals surface area contributed by atoms with Gasteiger partial charge < -0.3 is 16.4 Å². The molecule has 0 unspecified atom stereocenters. The maximum atomic E-state index is 15.0. The molecule has 176 valence electrons.